The zero-order valence-corrected chi connectivity index (χ0v) is 15.5. The van der Waals surface area contributed by atoms with Crippen LogP contribution in [0.2, 0.25) is 0 Å². The molecule has 2 aromatic carbocycles. The summed E-state index contributed by atoms with van der Waals surface area (Å²) in [5.41, 5.74) is 1.90. The Morgan fingerprint density at radius 2 is 1.63 bits per heavy atom. The van der Waals surface area contributed by atoms with E-state index in [2.05, 4.69) is 4.98 Å². The van der Waals surface area contributed by atoms with Gasteiger partial charge in [0.1, 0.15) is 5.82 Å². The molecule has 5 heteroatoms. The molecule has 3 rings (SSSR count). The van der Waals surface area contributed by atoms with Gasteiger partial charge in [-0.3, -0.25) is 9.69 Å². The number of nitrogens with zero attached hydrogens (tertiary/aromatic N) is 2. The number of methoxy groups -OCH3 is 2. The van der Waals surface area contributed by atoms with Gasteiger partial charge in [-0.05, 0) is 35.4 Å². The molecule has 0 radical (unpaired) electrons. The van der Waals surface area contributed by atoms with Crippen molar-refractivity contribution in [1.82, 2.24) is 4.98 Å². The van der Waals surface area contributed by atoms with Gasteiger partial charge in [0.2, 0.25) is 5.91 Å². The lowest BCUT2D eigenvalue weighted by Gasteiger charge is -2.22. The van der Waals surface area contributed by atoms with Crippen molar-refractivity contribution in [1.29, 1.82) is 0 Å². The molecular weight excluding hydrogens is 340 g/mol. The fourth-order valence-electron chi connectivity index (χ4n) is 2.84. The zero-order chi connectivity index (χ0) is 19.1. The van der Waals surface area contributed by atoms with E-state index in [-0.39, 0.29) is 12.3 Å². The Morgan fingerprint density at radius 3 is 2.30 bits per heavy atom. The molecule has 0 spiro atoms. The Bertz CT molecular complexity index is 883. The highest BCUT2D eigenvalue weighted by atomic mass is 16.5. The van der Waals surface area contributed by atoms with E-state index in [0.29, 0.717) is 23.9 Å². The fraction of sp³-hybridized carbons (Fsp3) is 0.182. The molecule has 0 aliphatic heterocycles. The summed E-state index contributed by atoms with van der Waals surface area (Å²) in [5.74, 6) is 1.84. The summed E-state index contributed by atoms with van der Waals surface area (Å²) in [5, 5.41) is 0. The van der Waals surface area contributed by atoms with E-state index in [4.69, 9.17) is 9.47 Å². The van der Waals surface area contributed by atoms with Crippen LogP contribution in [0.5, 0.6) is 11.5 Å². The molecule has 0 aliphatic carbocycles. The quantitative estimate of drug-likeness (QED) is 0.640. The molecule has 3 aromatic rings. The van der Waals surface area contributed by atoms with Gasteiger partial charge in [-0.25, -0.2) is 4.98 Å². The van der Waals surface area contributed by atoms with Crippen LogP contribution in [0.4, 0.5) is 5.82 Å². The molecule has 0 fully saturated rings. The molecule has 0 atom stereocenters. The molecule has 0 bridgehead atoms. The highest BCUT2D eigenvalue weighted by molar-refractivity contribution is 5.93. The minimum atomic E-state index is -0.0372. The number of pyridine rings is 1. The molecule has 1 aromatic heterocycles. The van der Waals surface area contributed by atoms with Crippen LogP contribution in [-0.2, 0) is 17.8 Å². The predicted octanol–water partition coefficient (Wildman–Crippen LogP) is 3.87. The second-order valence-corrected chi connectivity index (χ2v) is 6.02. The standard InChI is InChI=1S/C22H22N2O3/c1-26-19-12-11-18(14-20(19)27-2)15-22(25)24(21-10-6-7-13-23-21)16-17-8-4-3-5-9-17/h3-14H,15-16H2,1-2H3. The van der Waals surface area contributed by atoms with Crippen LogP contribution in [0.3, 0.4) is 0 Å². The van der Waals surface area contributed by atoms with Crippen LogP contribution in [-0.4, -0.2) is 25.1 Å². The molecule has 1 amide bonds. The van der Waals surface area contributed by atoms with Crippen LogP contribution in [0, 0.1) is 0 Å². The largest absolute Gasteiger partial charge is 0.493 e. The average molecular weight is 362 g/mol. The van der Waals surface area contributed by atoms with Crippen molar-refractivity contribution in [2.45, 2.75) is 13.0 Å². The zero-order valence-electron chi connectivity index (χ0n) is 15.5. The number of benzene rings is 2. The van der Waals surface area contributed by atoms with Gasteiger partial charge in [0.05, 0.1) is 27.2 Å². The molecule has 0 N–H and O–H groups in total. The molecule has 138 valence electrons. The monoisotopic (exact) mass is 362 g/mol. The summed E-state index contributed by atoms with van der Waals surface area (Å²) in [6.07, 6.45) is 1.93. The topological polar surface area (TPSA) is 51.7 Å². The Balaban J connectivity index is 1.85. The lowest BCUT2D eigenvalue weighted by Crippen LogP contribution is -2.32. The maximum atomic E-state index is 13.1. The number of carbonyl (C=O) groups is 1. The Morgan fingerprint density at radius 1 is 0.889 bits per heavy atom. The van der Waals surface area contributed by atoms with Crippen LogP contribution in [0.1, 0.15) is 11.1 Å². The number of hydrogen-bond acceptors (Lipinski definition) is 4. The number of aromatic nitrogens is 1. The molecule has 0 saturated heterocycles. The summed E-state index contributed by atoms with van der Waals surface area (Å²) in [7, 11) is 3.17. The van der Waals surface area contributed by atoms with Crippen molar-refractivity contribution in [3.63, 3.8) is 0 Å². The second kappa shape index (κ2) is 8.85. The number of ether oxygens (including phenoxy) is 2. The first-order valence-corrected chi connectivity index (χ1v) is 8.67. The Hall–Kier alpha value is -3.34. The third-order valence-corrected chi connectivity index (χ3v) is 4.21. The van der Waals surface area contributed by atoms with E-state index in [0.717, 1.165) is 11.1 Å². The minimum Gasteiger partial charge on any atom is -0.493 e. The highest BCUT2D eigenvalue weighted by Gasteiger charge is 2.18. The normalized spacial score (nSPS) is 10.3. The van der Waals surface area contributed by atoms with E-state index >= 15 is 0 Å². The summed E-state index contributed by atoms with van der Waals surface area (Å²) < 4.78 is 10.6. The summed E-state index contributed by atoms with van der Waals surface area (Å²) in [6, 6.07) is 21.0. The van der Waals surface area contributed by atoms with Gasteiger partial charge < -0.3 is 9.47 Å². The van der Waals surface area contributed by atoms with Crippen LogP contribution in [0.25, 0.3) is 0 Å². The average Bonchev–Trinajstić information content (AvgIpc) is 2.73. The van der Waals surface area contributed by atoms with Crippen molar-refractivity contribution in [2.24, 2.45) is 0 Å². The maximum absolute atomic E-state index is 13.1. The summed E-state index contributed by atoms with van der Waals surface area (Å²) >= 11 is 0. The van der Waals surface area contributed by atoms with Gasteiger partial charge in [-0.1, -0.05) is 42.5 Å². The van der Waals surface area contributed by atoms with E-state index in [1.807, 2.05) is 66.7 Å². The van der Waals surface area contributed by atoms with Crippen LogP contribution in [0.15, 0.2) is 72.9 Å². The molecule has 0 saturated carbocycles. The Labute approximate surface area is 159 Å². The van der Waals surface area contributed by atoms with Gasteiger partial charge in [-0.2, -0.15) is 0 Å². The van der Waals surface area contributed by atoms with Gasteiger partial charge in [0.25, 0.3) is 0 Å². The van der Waals surface area contributed by atoms with Gasteiger partial charge in [0, 0.05) is 6.20 Å². The number of amides is 1. The molecule has 5 nitrogen and oxygen atoms in total. The first-order valence-electron chi connectivity index (χ1n) is 8.67. The lowest BCUT2D eigenvalue weighted by molar-refractivity contribution is -0.118. The predicted molar refractivity (Wildman–Crippen MR) is 105 cm³/mol. The van der Waals surface area contributed by atoms with Gasteiger partial charge in [0.15, 0.2) is 11.5 Å². The van der Waals surface area contributed by atoms with Crippen LogP contribution < -0.4 is 14.4 Å². The molecule has 1 heterocycles. The summed E-state index contributed by atoms with van der Waals surface area (Å²) in [4.78, 5) is 19.1. The van der Waals surface area contributed by atoms with Gasteiger partial charge in [-0.15, -0.1) is 0 Å². The van der Waals surface area contributed by atoms with E-state index in [9.17, 15) is 4.79 Å². The van der Waals surface area contributed by atoms with E-state index in [1.165, 1.54) is 0 Å². The first-order chi connectivity index (χ1) is 13.2. The van der Waals surface area contributed by atoms with Crippen molar-refractivity contribution >= 4 is 11.7 Å². The molecule has 27 heavy (non-hydrogen) atoms. The van der Waals surface area contributed by atoms with Crippen molar-refractivity contribution < 1.29 is 14.3 Å². The smallest absolute Gasteiger partial charge is 0.232 e. The van der Waals surface area contributed by atoms with Gasteiger partial charge >= 0.3 is 0 Å². The van der Waals surface area contributed by atoms with E-state index < -0.39 is 0 Å². The number of anilines is 1. The van der Waals surface area contributed by atoms with E-state index in [1.54, 1.807) is 25.3 Å². The molecule has 0 aliphatic rings. The Kier molecular flexibility index (Phi) is 6.05. The SMILES string of the molecule is COc1ccc(CC(=O)N(Cc2ccccc2)c2ccccn2)cc1OC. The maximum Gasteiger partial charge on any atom is 0.232 e. The number of rotatable bonds is 7. The third kappa shape index (κ3) is 4.64. The van der Waals surface area contributed by atoms with Crippen LogP contribution >= 0.6 is 0 Å². The minimum absolute atomic E-state index is 0.0372. The first kappa shape index (κ1) is 18.5. The van der Waals surface area contributed by atoms with Crippen molar-refractivity contribution in [2.75, 3.05) is 19.1 Å². The number of carbonyl (C=O) groups excluding carboxylic acids is 1. The highest BCUT2D eigenvalue weighted by Crippen LogP contribution is 2.28. The molecule has 0 unspecified atom stereocenters. The number of hydrogen-bond donors (Lipinski definition) is 0. The molecular formula is C22H22N2O3. The third-order valence-electron chi connectivity index (χ3n) is 4.21. The van der Waals surface area contributed by atoms with Crippen molar-refractivity contribution in [3.05, 3.63) is 84.1 Å². The summed E-state index contributed by atoms with van der Waals surface area (Å²) in [6.45, 7) is 0.462. The van der Waals surface area contributed by atoms with Crippen molar-refractivity contribution in [3.8, 4) is 11.5 Å². The fourth-order valence-corrected chi connectivity index (χ4v) is 2.84. The lowest BCUT2D eigenvalue weighted by atomic mass is 10.1. The second-order valence-electron chi connectivity index (χ2n) is 6.02.